The molecule has 1 heterocycles. The number of nitrogens with one attached hydrogen (secondary N) is 1. The lowest BCUT2D eigenvalue weighted by molar-refractivity contribution is -0.131. The van der Waals surface area contributed by atoms with Crippen molar-refractivity contribution >= 4 is 56.2 Å². The van der Waals surface area contributed by atoms with Gasteiger partial charge in [0.2, 0.25) is 0 Å². The Bertz CT molecular complexity index is 1370. The van der Waals surface area contributed by atoms with Gasteiger partial charge in [0.15, 0.2) is 0 Å². The van der Waals surface area contributed by atoms with Crippen molar-refractivity contribution in [2.75, 3.05) is 0 Å². The summed E-state index contributed by atoms with van der Waals surface area (Å²) in [5, 5.41) is 0. The third-order valence-corrected chi connectivity index (χ3v) is 7.89. The maximum absolute atomic E-state index is 13.0. The Morgan fingerprint density at radius 3 is 2.12 bits per heavy atom. The number of thiocarbonyl (C=S) groups is 1. The molecular formula is C25H20N2O4S3. The summed E-state index contributed by atoms with van der Waals surface area (Å²) >= 11 is 6.40. The molecule has 0 bridgehead atoms. The van der Waals surface area contributed by atoms with E-state index >= 15 is 0 Å². The summed E-state index contributed by atoms with van der Waals surface area (Å²) in [5.41, 5.74) is 2.95. The van der Waals surface area contributed by atoms with E-state index < -0.39 is 27.9 Å². The molecule has 0 aromatic heterocycles. The molecule has 0 spiro atoms. The number of nitrogens with zero attached hydrogens (tertiary/aromatic N) is 1. The normalized spacial score (nSPS) is 16.0. The van der Waals surface area contributed by atoms with Gasteiger partial charge in [0.25, 0.3) is 21.8 Å². The summed E-state index contributed by atoms with van der Waals surface area (Å²) in [5.74, 6) is -1.28. The van der Waals surface area contributed by atoms with Gasteiger partial charge in [-0.15, -0.1) is 0 Å². The number of hydrogen-bond acceptors (Lipinski definition) is 6. The largest absolute Gasteiger partial charge is 0.280 e. The minimum absolute atomic E-state index is 0.0419. The standard InChI is InChI=1S/C25H20N2O4S3/c1-17(23(28)26-34(30,31)21-10-6-3-7-11-21)27-24(29)22(33-25(27)32)16-18-12-14-20(15-13-18)19-8-4-2-5-9-19/h2-17H,1H3,(H,26,28)/b22-16-/t17-/m0/s1. The van der Waals surface area contributed by atoms with Crippen LogP contribution in [0.5, 0.6) is 0 Å². The zero-order valence-corrected chi connectivity index (χ0v) is 20.5. The topological polar surface area (TPSA) is 83.6 Å². The molecule has 2 amide bonds. The average Bonchev–Trinajstić information content (AvgIpc) is 3.12. The van der Waals surface area contributed by atoms with E-state index in [0.29, 0.717) is 4.91 Å². The molecule has 0 saturated carbocycles. The Kier molecular flexibility index (Phi) is 6.97. The minimum Gasteiger partial charge on any atom is -0.280 e. The monoisotopic (exact) mass is 508 g/mol. The zero-order valence-electron chi connectivity index (χ0n) is 18.0. The Morgan fingerprint density at radius 2 is 1.50 bits per heavy atom. The van der Waals surface area contributed by atoms with Crippen LogP contribution < -0.4 is 4.72 Å². The summed E-state index contributed by atoms with van der Waals surface area (Å²) in [6.45, 7) is 1.44. The Morgan fingerprint density at radius 1 is 0.941 bits per heavy atom. The van der Waals surface area contributed by atoms with Gasteiger partial charge in [0.1, 0.15) is 10.4 Å². The Balaban J connectivity index is 1.49. The maximum atomic E-state index is 13.0. The first kappa shape index (κ1) is 23.9. The fourth-order valence-corrected chi connectivity index (χ4v) is 5.85. The summed E-state index contributed by atoms with van der Waals surface area (Å²) in [6, 6.07) is 24.1. The first-order valence-corrected chi connectivity index (χ1v) is 13.0. The van der Waals surface area contributed by atoms with Crippen LogP contribution in [0.3, 0.4) is 0 Å². The third-order valence-electron chi connectivity index (χ3n) is 5.19. The second-order valence-electron chi connectivity index (χ2n) is 7.50. The van der Waals surface area contributed by atoms with Crippen LogP contribution in [0, 0.1) is 0 Å². The molecule has 1 fully saturated rings. The predicted octanol–water partition coefficient (Wildman–Crippen LogP) is 4.45. The van der Waals surface area contributed by atoms with Crippen LogP contribution >= 0.6 is 24.0 Å². The van der Waals surface area contributed by atoms with E-state index in [1.807, 2.05) is 59.3 Å². The molecule has 1 aliphatic rings. The van der Waals surface area contributed by atoms with Crippen molar-refractivity contribution in [1.29, 1.82) is 0 Å². The van der Waals surface area contributed by atoms with Gasteiger partial charge in [-0.1, -0.05) is 96.8 Å². The Hall–Kier alpha value is -3.27. The fraction of sp³-hybridized carbons (Fsp3) is 0.0800. The third kappa shape index (κ3) is 5.11. The summed E-state index contributed by atoms with van der Waals surface area (Å²) < 4.78 is 27.2. The number of rotatable bonds is 6. The lowest BCUT2D eigenvalue weighted by Gasteiger charge is -2.22. The fourth-order valence-electron chi connectivity index (χ4n) is 3.36. The van der Waals surface area contributed by atoms with E-state index in [2.05, 4.69) is 0 Å². The van der Waals surface area contributed by atoms with Crippen LogP contribution in [0.25, 0.3) is 17.2 Å². The van der Waals surface area contributed by atoms with Crippen LogP contribution in [0.15, 0.2) is 94.7 Å². The van der Waals surface area contributed by atoms with Gasteiger partial charge in [0.05, 0.1) is 9.80 Å². The Labute approximate surface area is 207 Å². The molecule has 9 heteroatoms. The van der Waals surface area contributed by atoms with Crippen LogP contribution in [0.4, 0.5) is 0 Å². The maximum Gasteiger partial charge on any atom is 0.266 e. The second-order valence-corrected chi connectivity index (χ2v) is 10.9. The van der Waals surface area contributed by atoms with Crippen molar-refractivity contribution in [3.05, 3.63) is 95.4 Å². The number of carbonyl (C=O) groups excluding carboxylic acids is 2. The molecule has 34 heavy (non-hydrogen) atoms. The smallest absolute Gasteiger partial charge is 0.266 e. The highest BCUT2D eigenvalue weighted by Gasteiger charge is 2.39. The van der Waals surface area contributed by atoms with Gasteiger partial charge in [-0.3, -0.25) is 14.5 Å². The van der Waals surface area contributed by atoms with Gasteiger partial charge < -0.3 is 0 Å². The van der Waals surface area contributed by atoms with Gasteiger partial charge in [0, 0.05) is 0 Å². The average molecular weight is 509 g/mol. The summed E-state index contributed by atoms with van der Waals surface area (Å²) in [6.07, 6.45) is 1.71. The lowest BCUT2D eigenvalue weighted by atomic mass is 10.0. The number of carbonyl (C=O) groups is 2. The zero-order chi connectivity index (χ0) is 24.3. The molecule has 1 atom stereocenters. The molecular weight excluding hydrogens is 488 g/mol. The van der Waals surface area contributed by atoms with Crippen LogP contribution in [-0.2, 0) is 19.6 Å². The highest BCUT2D eigenvalue weighted by atomic mass is 32.2. The molecule has 1 saturated heterocycles. The SMILES string of the molecule is C[C@@H](C(=O)NS(=O)(=O)c1ccccc1)N1C(=O)/C(=C/c2ccc(-c3ccccc3)cc2)SC1=S. The van der Waals surface area contributed by atoms with Crippen LogP contribution in [0.2, 0.25) is 0 Å². The highest BCUT2D eigenvalue weighted by molar-refractivity contribution is 8.26. The second kappa shape index (κ2) is 9.92. The van der Waals surface area contributed by atoms with Gasteiger partial charge in [-0.05, 0) is 41.8 Å². The van der Waals surface area contributed by atoms with Crippen molar-refractivity contribution in [1.82, 2.24) is 9.62 Å². The van der Waals surface area contributed by atoms with Crippen LogP contribution in [0.1, 0.15) is 12.5 Å². The lowest BCUT2D eigenvalue weighted by Crippen LogP contribution is -2.48. The quantitative estimate of drug-likeness (QED) is 0.391. The van der Waals surface area contributed by atoms with Gasteiger partial charge >= 0.3 is 0 Å². The van der Waals surface area contributed by atoms with Crippen molar-refractivity contribution in [2.45, 2.75) is 17.9 Å². The van der Waals surface area contributed by atoms with E-state index in [4.69, 9.17) is 12.2 Å². The number of hydrogen-bond donors (Lipinski definition) is 1. The molecule has 3 aromatic carbocycles. The number of thioether (sulfide) groups is 1. The molecule has 4 rings (SSSR count). The summed E-state index contributed by atoms with van der Waals surface area (Å²) in [4.78, 5) is 27.1. The molecule has 172 valence electrons. The molecule has 1 aliphatic heterocycles. The van der Waals surface area contributed by atoms with E-state index in [1.165, 1.54) is 19.1 Å². The molecule has 3 aromatic rings. The predicted molar refractivity (Wildman–Crippen MR) is 138 cm³/mol. The molecule has 0 radical (unpaired) electrons. The number of amides is 2. The first-order chi connectivity index (χ1) is 16.3. The van der Waals surface area contributed by atoms with Crippen molar-refractivity contribution < 1.29 is 18.0 Å². The van der Waals surface area contributed by atoms with Crippen molar-refractivity contribution in [3.63, 3.8) is 0 Å². The van der Waals surface area contributed by atoms with E-state index in [0.717, 1.165) is 33.4 Å². The summed E-state index contributed by atoms with van der Waals surface area (Å²) in [7, 11) is -4.06. The first-order valence-electron chi connectivity index (χ1n) is 10.3. The van der Waals surface area contributed by atoms with Crippen molar-refractivity contribution in [2.24, 2.45) is 0 Å². The van der Waals surface area contributed by atoms with E-state index in [9.17, 15) is 18.0 Å². The molecule has 0 aliphatic carbocycles. The minimum atomic E-state index is -4.06. The molecule has 1 N–H and O–H groups in total. The van der Waals surface area contributed by atoms with Crippen molar-refractivity contribution in [3.8, 4) is 11.1 Å². The number of sulfonamides is 1. The van der Waals surface area contributed by atoms with E-state index in [-0.39, 0.29) is 9.22 Å². The van der Waals surface area contributed by atoms with E-state index in [1.54, 1.807) is 24.3 Å². The number of benzene rings is 3. The van der Waals surface area contributed by atoms with Gasteiger partial charge in [-0.25, -0.2) is 13.1 Å². The highest BCUT2D eigenvalue weighted by Crippen LogP contribution is 2.34. The van der Waals surface area contributed by atoms with Gasteiger partial charge in [-0.2, -0.15) is 0 Å². The molecule has 0 unspecified atom stereocenters. The van der Waals surface area contributed by atoms with Crippen LogP contribution in [-0.4, -0.2) is 35.5 Å². The molecule has 6 nitrogen and oxygen atoms in total.